The van der Waals surface area contributed by atoms with E-state index in [-0.39, 0.29) is 11.3 Å². The lowest BCUT2D eigenvalue weighted by molar-refractivity contribution is -0.132. The predicted octanol–water partition coefficient (Wildman–Crippen LogP) is 2.35. The van der Waals surface area contributed by atoms with Gasteiger partial charge in [-0.3, -0.25) is 9.78 Å². The van der Waals surface area contributed by atoms with Crippen LogP contribution in [0, 0.1) is 0 Å². The summed E-state index contributed by atoms with van der Waals surface area (Å²) in [5, 5.41) is 10.7. The number of pyridine rings is 1. The first kappa shape index (κ1) is 13.9. The Balaban J connectivity index is 1.77. The Bertz CT molecular complexity index is 474. The molecule has 4 nitrogen and oxygen atoms in total. The Morgan fingerprint density at radius 1 is 1.40 bits per heavy atom. The smallest absolute Gasteiger partial charge is 0.233 e. The fourth-order valence-electron chi connectivity index (χ4n) is 3.11. The molecule has 0 spiro atoms. The number of β-amino-alcohol motifs (C(OH)–C–C–N with tert-alkyl or cyclic N) is 1. The molecule has 1 aliphatic carbocycles. The van der Waals surface area contributed by atoms with E-state index in [9.17, 15) is 9.90 Å². The molecule has 2 fully saturated rings. The summed E-state index contributed by atoms with van der Waals surface area (Å²) in [6.07, 6.45) is 8.48. The monoisotopic (exact) mass is 292 g/mol. The number of nitrogens with zero attached hydrogens (tertiary/aromatic N) is 2. The number of hydrogen-bond donors (Lipinski definition) is 1. The summed E-state index contributed by atoms with van der Waals surface area (Å²) in [5.41, 5.74) is 0.349. The third-order valence-corrected chi connectivity index (χ3v) is 5.44. The number of thioether (sulfide) groups is 1. The highest BCUT2D eigenvalue weighted by atomic mass is 32.2. The highest BCUT2D eigenvalue weighted by Crippen LogP contribution is 2.40. The zero-order chi connectivity index (χ0) is 14.0. The molecule has 1 atom stereocenters. The lowest BCUT2D eigenvalue weighted by atomic mass is 9.84. The number of amides is 1. The van der Waals surface area contributed by atoms with Crippen molar-refractivity contribution in [3.63, 3.8) is 0 Å². The third-order valence-electron chi connectivity index (χ3n) is 4.19. The summed E-state index contributed by atoms with van der Waals surface area (Å²) in [6, 6.07) is 3.90. The zero-order valence-corrected chi connectivity index (χ0v) is 12.3. The molecule has 0 bridgehead atoms. The Morgan fingerprint density at radius 3 is 2.90 bits per heavy atom. The van der Waals surface area contributed by atoms with Gasteiger partial charge in [0.2, 0.25) is 5.91 Å². The van der Waals surface area contributed by atoms with Crippen molar-refractivity contribution in [2.45, 2.75) is 43.1 Å². The van der Waals surface area contributed by atoms with Crippen LogP contribution in [0.2, 0.25) is 0 Å². The number of aliphatic hydroxyl groups is 1. The van der Waals surface area contributed by atoms with Crippen LogP contribution in [-0.4, -0.2) is 38.8 Å². The summed E-state index contributed by atoms with van der Waals surface area (Å²) >= 11 is 1.62. The number of carbonyl (C=O) groups excluding carboxylic acids is 1. The lowest BCUT2D eigenvalue weighted by Crippen LogP contribution is -2.45. The van der Waals surface area contributed by atoms with Crippen LogP contribution in [0.4, 0.5) is 0 Å². The summed E-state index contributed by atoms with van der Waals surface area (Å²) in [4.78, 5) is 18.1. The minimum atomic E-state index is -0.695. The van der Waals surface area contributed by atoms with Gasteiger partial charge in [0.15, 0.2) is 0 Å². The molecule has 2 heterocycles. The molecule has 1 aromatic heterocycles. The molecule has 108 valence electrons. The largest absolute Gasteiger partial charge is 0.388 e. The second-order valence-electron chi connectivity index (χ2n) is 5.76. The Morgan fingerprint density at radius 2 is 2.20 bits per heavy atom. The summed E-state index contributed by atoms with van der Waals surface area (Å²) in [5.74, 6) is 0.623. The van der Waals surface area contributed by atoms with Crippen LogP contribution >= 0.6 is 11.8 Å². The van der Waals surface area contributed by atoms with E-state index in [4.69, 9.17) is 0 Å². The fourth-order valence-corrected chi connectivity index (χ4v) is 4.28. The zero-order valence-electron chi connectivity index (χ0n) is 11.5. The topological polar surface area (TPSA) is 53.4 Å². The van der Waals surface area contributed by atoms with Crippen LogP contribution in [-0.2, 0) is 4.79 Å². The summed E-state index contributed by atoms with van der Waals surface area (Å²) in [6.45, 7) is 0.457. The van der Waals surface area contributed by atoms with Gasteiger partial charge in [-0.15, -0.1) is 11.8 Å². The molecule has 1 N–H and O–H groups in total. The first-order chi connectivity index (χ1) is 9.68. The van der Waals surface area contributed by atoms with E-state index in [1.165, 1.54) is 6.42 Å². The van der Waals surface area contributed by atoms with Gasteiger partial charge in [0.05, 0.1) is 17.9 Å². The molecular weight excluding hydrogens is 272 g/mol. The van der Waals surface area contributed by atoms with Gasteiger partial charge < -0.3 is 10.0 Å². The maximum absolute atomic E-state index is 12.1. The van der Waals surface area contributed by atoms with Crippen molar-refractivity contribution < 1.29 is 9.90 Å². The molecule has 20 heavy (non-hydrogen) atoms. The van der Waals surface area contributed by atoms with E-state index >= 15 is 0 Å². The van der Waals surface area contributed by atoms with E-state index in [0.717, 1.165) is 31.2 Å². The second-order valence-corrected chi connectivity index (χ2v) is 6.82. The Hall–Kier alpha value is -1.07. The van der Waals surface area contributed by atoms with Crippen molar-refractivity contribution >= 4 is 17.7 Å². The van der Waals surface area contributed by atoms with Crippen LogP contribution in [0.5, 0.6) is 0 Å². The minimum Gasteiger partial charge on any atom is -0.388 e. The van der Waals surface area contributed by atoms with Crippen LogP contribution in [0.1, 0.15) is 43.0 Å². The Kier molecular flexibility index (Phi) is 3.98. The molecular formula is C15H20N2O2S. The minimum absolute atomic E-state index is 0.00199. The van der Waals surface area contributed by atoms with Crippen molar-refractivity contribution in [1.29, 1.82) is 0 Å². The van der Waals surface area contributed by atoms with Crippen LogP contribution < -0.4 is 0 Å². The van der Waals surface area contributed by atoms with Crippen molar-refractivity contribution in [1.82, 2.24) is 9.88 Å². The van der Waals surface area contributed by atoms with Crippen LogP contribution in [0.3, 0.4) is 0 Å². The average Bonchev–Trinajstić information content (AvgIpc) is 2.81. The van der Waals surface area contributed by atoms with E-state index < -0.39 is 5.60 Å². The van der Waals surface area contributed by atoms with E-state index in [0.29, 0.717) is 12.3 Å². The maximum Gasteiger partial charge on any atom is 0.233 e. The van der Waals surface area contributed by atoms with E-state index in [1.807, 2.05) is 23.2 Å². The molecule has 1 saturated carbocycles. The summed E-state index contributed by atoms with van der Waals surface area (Å²) in [7, 11) is 0. The van der Waals surface area contributed by atoms with Gasteiger partial charge in [0.1, 0.15) is 5.37 Å². The van der Waals surface area contributed by atoms with Crippen molar-refractivity contribution in [2.24, 2.45) is 0 Å². The molecule has 1 aliphatic heterocycles. The van der Waals surface area contributed by atoms with Gasteiger partial charge in [-0.2, -0.15) is 0 Å². The van der Waals surface area contributed by atoms with Crippen molar-refractivity contribution in [3.05, 3.63) is 30.1 Å². The maximum atomic E-state index is 12.1. The van der Waals surface area contributed by atoms with E-state index in [2.05, 4.69) is 4.98 Å². The quantitative estimate of drug-likeness (QED) is 0.929. The highest BCUT2D eigenvalue weighted by molar-refractivity contribution is 8.00. The average molecular weight is 292 g/mol. The molecule has 3 rings (SSSR count). The normalized spacial score (nSPS) is 25.9. The number of aromatic nitrogens is 1. The van der Waals surface area contributed by atoms with Crippen LogP contribution in [0.25, 0.3) is 0 Å². The van der Waals surface area contributed by atoms with Gasteiger partial charge in [0.25, 0.3) is 0 Å². The van der Waals surface area contributed by atoms with Crippen LogP contribution in [0.15, 0.2) is 24.5 Å². The number of hydrogen-bond acceptors (Lipinski definition) is 4. The highest BCUT2D eigenvalue weighted by Gasteiger charge is 2.39. The van der Waals surface area contributed by atoms with Gasteiger partial charge in [-0.05, 0) is 18.9 Å². The molecule has 2 aliphatic rings. The van der Waals surface area contributed by atoms with Gasteiger partial charge >= 0.3 is 0 Å². The lowest BCUT2D eigenvalue weighted by Gasteiger charge is -2.37. The third kappa shape index (κ3) is 2.83. The molecule has 1 saturated heterocycles. The molecule has 1 unspecified atom stereocenters. The molecule has 0 aromatic carbocycles. The molecule has 5 heteroatoms. The van der Waals surface area contributed by atoms with Gasteiger partial charge in [-0.25, -0.2) is 0 Å². The first-order valence-corrected chi connectivity index (χ1v) is 8.26. The van der Waals surface area contributed by atoms with E-state index in [1.54, 1.807) is 18.0 Å². The second kappa shape index (κ2) is 5.74. The standard InChI is InChI=1S/C15H20N2O2S/c18-13-10-20-14(12-5-4-8-16-9-12)17(13)11-15(19)6-2-1-3-7-15/h4-5,8-9,14,19H,1-3,6-7,10-11H2. The SMILES string of the molecule is O=C1CSC(c2cccnc2)N1CC1(O)CCCCC1. The predicted molar refractivity (Wildman–Crippen MR) is 79.2 cm³/mol. The molecule has 1 aromatic rings. The summed E-state index contributed by atoms with van der Waals surface area (Å²) < 4.78 is 0. The Labute approximate surface area is 123 Å². The molecule has 1 amide bonds. The van der Waals surface area contributed by atoms with Crippen molar-refractivity contribution in [3.8, 4) is 0 Å². The first-order valence-electron chi connectivity index (χ1n) is 7.21. The van der Waals surface area contributed by atoms with Crippen molar-refractivity contribution in [2.75, 3.05) is 12.3 Å². The number of rotatable bonds is 3. The van der Waals surface area contributed by atoms with Gasteiger partial charge in [0, 0.05) is 18.0 Å². The molecule has 0 radical (unpaired) electrons. The number of carbonyl (C=O) groups is 1. The fraction of sp³-hybridized carbons (Fsp3) is 0.600. The van der Waals surface area contributed by atoms with Gasteiger partial charge in [-0.1, -0.05) is 25.3 Å².